The monoisotopic (exact) mass is 378 g/mol. The summed E-state index contributed by atoms with van der Waals surface area (Å²) >= 11 is 1.43. The quantitative estimate of drug-likeness (QED) is 0.367. The molecule has 0 bridgehead atoms. The van der Waals surface area contributed by atoms with E-state index in [-0.39, 0.29) is 6.61 Å². The van der Waals surface area contributed by atoms with Crippen molar-refractivity contribution in [3.8, 4) is 0 Å². The first-order chi connectivity index (χ1) is 11.7. The number of hydrogen-bond acceptors (Lipinski definition) is 6. The van der Waals surface area contributed by atoms with Crippen LogP contribution in [0.25, 0.3) is 0 Å². The van der Waals surface area contributed by atoms with Gasteiger partial charge >= 0.3 is 8.80 Å². The van der Waals surface area contributed by atoms with Crippen molar-refractivity contribution in [2.24, 2.45) is 0 Å². The fourth-order valence-electron chi connectivity index (χ4n) is 2.57. The Bertz CT molecular complexity index is 324. The SMILES string of the molecule is CCCCCCCC(=O)SCCC[Si]1(OCCCO)OCCCO1. The minimum absolute atomic E-state index is 0.118. The Balaban J connectivity index is 2.14. The molecule has 0 radical (unpaired) electrons. The van der Waals surface area contributed by atoms with Crippen LogP contribution in [0.15, 0.2) is 0 Å². The van der Waals surface area contributed by atoms with Gasteiger partial charge in [-0.05, 0) is 25.7 Å². The molecule has 0 atom stereocenters. The fourth-order valence-corrected chi connectivity index (χ4v) is 6.29. The number of unbranched alkanes of at least 4 members (excludes halogenated alkanes) is 4. The first-order valence-electron chi connectivity index (χ1n) is 9.41. The van der Waals surface area contributed by atoms with Crippen molar-refractivity contribution in [1.82, 2.24) is 0 Å². The van der Waals surface area contributed by atoms with Crippen LogP contribution in [0.5, 0.6) is 0 Å². The molecule has 5 nitrogen and oxygen atoms in total. The summed E-state index contributed by atoms with van der Waals surface area (Å²) in [5, 5.41) is 9.19. The second kappa shape index (κ2) is 14.3. The molecule has 0 saturated carbocycles. The van der Waals surface area contributed by atoms with E-state index in [9.17, 15) is 4.79 Å². The summed E-state index contributed by atoms with van der Waals surface area (Å²) in [6.45, 7) is 4.17. The van der Waals surface area contributed by atoms with Gasteiger partial charge in [-0.15, -0.1) is 0 Å². The molecule has 1 aliphatic heterocycles. The predicted molar refractivity (Wildman–Crippen MR) is 100 cm³/mol. The van der Waals surface area contributed by atoms with Crippen molar-refractivity contribution in [2.45, 2.75) is 70.8 Å². The maximum absolute atomic E-state index is 11.9. The lowest BCUT2D eigenvalue weighted by atomic mass is 10.1. The average molecular weight is 379 g/mol. The zero-order valence-corrected chi connectivity index (χ0v) is 16.9. The number of thioether (sulfide) groups is 1. The van der Waals surface area contributed by atoms with Crippen LogP contribution in [0, 0.1) is 0 Å². The van der Waals surface area contributed by atoms with Crippen molar-refractivity contribution in [2.75, 3.05) is 32.2 Å². The van der Waals surface area contributed by atoms with Gasteiger partial charge in [0.05, 0.1) is 0 Å². The Hall–Kier alpha value is 0.0769. The maximum Gasteiger partial charge on any atom is 0.500 e. The lowest BCUT2D eigenvalue weighted by molar-refractivity contribution is -0.111. The zero-order chi connectivity index (χ0) is 17.5. The van der Waals surface area contributed by atoms with E-state index in [2.05, 4.69) is 6.92 Å². The van der Waals surface area contributed by atoms with E-state index < -0.39 is 8.80 Å². The van der Waals surface area contributed by atoms with Crippen LogP contribution in [-0.2, 0) is 18.1 Å². The van der Waals surface area contributed by atoms with E-state index in [0.29, 0.717) is 37.8 Å². The van der Waals surface area contributed by atoms with Gasteiger partial charge in [0.25, 0.3) is 0 Å². The smallest absolute Gasteiger partial charge is 0.396 e. The van der Waals surface area contributed by atoms with Crippen LogP contribution in [0.1, 0.15) is 64.7 Å². The standard InChI is InChI=1S/C17H34O5SSi/c1-2-3-4-5-6-10-17(19)23-15-9-16-24(20-12-7-11-18)21-13-8-14-22-24/h18H,2-16H2,1H3. The molecule has 1 saturated heterocycles. The van der Waals surface area contributed by atoms with Crippen molar-refractivity contribution in [3.63, 3.8) is 0 Å². The van der Waals surface area contributed by atoms with Gasteiger partial charge in [0.1, 0.15) is 0 Å². The molecule has 1 heterocycles. The Kier molecular flexibility index (Phi) is 13.1. The third-order valence-electron chi connectivity index (χ3n) is 3.93. The molecule has 0 aliphatic carbocycles. The second-order valence-electron chi connectivity index (χ2n) is 6.15. The minimum Gasteiger partial charge on any atom is -0.396 e. The fraction of sp³-hybridized carbons (Fsp3) is 0.941. The highest BCUT2D eigenvalue weighted by atomic mass is 32.2. The molecule has 1 N–H and O–H groups in total. The van der Waals surface area contributed by atoms with Gasteiger partial charge in [0.15, 0.2) is 5.12 Å². The molecule has 7 heteroatoms. The zero-order valence-electron chi connectivity index (χ0n) is 15.1. The molecule has 1 fully saturated rings. The van der Waals surface area contributed by atoms with Crippen molar-refractivity contribution in [1.29, 1.82) is 0 Å². The van der Waals surface area contributed by atoms with E-state index in [1.807, 2.05) is 0 Å². The van der Waals surface area contributed by atoms with Crippen molar-refractivity contribution >= 4 is 25.7 Å². The highest BCUT2D eigenvalue weighted by Gasteiger charge is 2.42. The molecule has 0 aromatic rings. The van der Waals surface area contributed by atoms with E-state index in [4.69, 9.17) is 18.4 Å². The largest absolute Gasteiger partial charge is 0.500 e. The van der Waals surface area contributed by atoms with Gasteiger partial charge in [-0.3, -0.25) is 4.79 Å². The summed E-state index contributed by atoms with van der Waals surface area (Å²) in [6, 6.07) is 0.759. The van der Waals surface area contributed by atoms with Crippen LogP contribution >= 0.6 is 11.8 Å². The first kappa shape index (κ1) is 22.1. The van der Waals surface area contributed by atoms with E-state index in [0.717, 1.165) is 37.5 Å². The number of hydrogen-bond donors (Lipinski definition) is 1. The van der Waals surface area contributed by atoms with Crippen LogP contribution in [0.3, 0.4) is 0 Å². The molecule has 24 heavy (non-hydrogen) atoms. The molecule has 1 aliphatic rings. The van der Waals surface area contributed by atoms with Gasteiger partial charge in [0.2, 0.25) is 0 Å². The number of rotatable bonds is 14. The van der Waals surface area contributed by atoms with E-state index in [1.165, 1.54) is 31.0 Å². The Morgan fingerprint density at radius 3 is 2.58 bits per heavy atom. The number of carbonyl (C=O) groups excluding carboxylic acids is 1. The first-order valence-corrected chi connectivity index (χ1v) is 12.3. The highest BCUT2D eigenvalue weighted by Crippen LogP contribution is 2.24. The minimum atomic E-state index is -2.57. The lowest BCUT2D eigenvalue weighted by Crippen LogP contribution is -2.49. The summed E-state index contributed by atoms with van der Waals surface area (Å²) in [5.41, 5.74) is 0. The maximum atomic E-state index is 11.9. The van der Waals surface area contributed by atoms with E-state index in [1.54, 1.807) is 0 Å². The van der Waals surface area contributed by atoms with Crippen LogP contribution in [0.2, 0.25) is 6.04 Å². The van der Waals surface area contributed by atoms with Gasteiger partial charge in [0, 0.05) is 44.6 Å². The lowest BCUT2D eigenvalue weighted by Gasteiger charge is -2.33. The number of carbonyl (C=O) groups is 1. The van der Waals surface area contributed by atoms with Crippen LogP contribution in [0.4, 0.5) is 0 Å². The molecular formula is C17H34O5SSi. The Morgan fingerprint density at radius 1 is 1.12 bits per heavy atom. The predicted octanol–water partition coefficient (Wildman–Crippen LogP) is 3.77. The molecule has 1 rings (SSSR count). The number of aliphatic hydroxyl groups is 1. The van der Waals surface area contributed by atoms with Gasteiger partial charge in [-0.1, -0.05) is 44.4 Å². The topological polar surface area (TPSA) is 65.0 Å². The normalized spacial score (nSPS) is 17.1. The summed E-state index contributed by atoms with van der Waals surface area (Å²) in [6.07, 6.45) is 8.99. The molecular weight excluding hydrogens is 344 g/mol. The van der Waals surface area contributed by atoms with Gasteiger partial charge in [-0.25, -0.2) is 0 Å². The van der Waals surface area contributed by atoms with E-state index >= 15 is 0 Å². The molecule has 0 amide bonds. The average Bonchev–Trinajstić information content (AvgIpc) is 2.60. The van der Waals surface area contributed by atoms with Gasteiger partial charge < -0.3 is 18.4 Å². The van der Waals surface area contributed by atoms with Gasteiger partial charge in [-0.2, -0.15) is 0 Å². The van der Waals surface area contributed by atoms with Crippen molar-refractivity contribution < 1.29 is 23.2 Å². The highest BCUT2D eigenvalue weighted by molar-refractivity contribution is 8.13. The Morgan fingerprint density at radius 2 is 1.88 bits per heavy atom. The third-order valence-corrected chi connectivity index (χ3v) is 7.85. The second-order valence-corrected chi connectivity index (χ2v) is 10.0. The molecule has 0 spiro atoms. The summed E-state index contributed by atoms with van der Waals surface area (Å²) < 4.78 is 17.5. The molecule has 0 aromatic heterocycles. The molecule has 142 valence electrons. The summed E-state index contributed by atoms with van der Waals surface area (Å²) in [7, 11) is -2.57. The van der Waals surface area contributed by atoms with Crippen LogP contribution < -0.4 is 0 Å². The Labute approximate surface area is 152 Å². The molecule has 0 aromatic carbocycles. The number of aliphatic hydroxyl groups excluding tert-OH is 1. The third kappa shape index (κ3) is 10.2. The van der Waals surface area contributed by atoms with Crippen molar-refractivity contribution in [3.05, 3.63) is 0 Å². The summed E-state index contributed by atoms with van der Waals surface area (Å²) in [4.78, 5) is 11.9. The van der Waals surface area contributed by atoms with Crippen LogP contribution in [-0.4, -0.2) is 51.2 Å². The molecule has 0 unspecified atom stereocenters. The summed E-state index contributed by atoms with van der Waals surface area (Å²) in [5.74, 6) is 0.804.